The van der Waals surface area contributed by atoms with Crippen molar-refractivity contribution < 1.29 is 4.79 Å². The van der Waals surface area contributed by atoms with Crippen LogP contribution in [0.4, 0.5) is 5.95 Å². The lowest BCUT2D eigenvalue weighted by Gasteiger charge is -2.34. The van der Waals surface area contributed by atoms with Gasteiger partial charge in [-0.05, 0) is 61.4 Å². The molecule has 6 heteroatoms. The van der Waals surface area contributed by atoms with Gasteiger partial charge in [0.15, 0.2) is 0 Å². The van der Waals surface area contributed by atoms with Crippen molar-refractivity contribution in [2.75, 3.05) is 18.0 Å². The molecule has 168 valence electrons. The second-order valence-electron chi connectivity index (χ2n) is 9.37. The number of hydrogen-bond donors (Lipinski definition) is 1. The summed E-state index contributed by atoms with van der Waals surface area (Å²) in [5, 5.41) is 3.13. The van der Waals surface area contributed by atoms with E-state index in [1.165, 1.54) is 37.6 Å². The zero-order valence-electron chi connectivity index (χ0n) is 18.7. The van der Waals surface area contributed by atoms with E-state index in [2.05, 4.69) is 44.0 Å². The summed E-state index contributed by atoms with van der Waals surface area (Å²) < 4.78 is 2.43. The van der Waals surface area contributed by atoms with Crippen LogP contribution in [0.2, 0.25) is 0 Å². The zero-order chi connectivity index (χ0) is 21.8. The molecule has 5 rings (SSSR count). The van der Waals surface area contributed by atoms with Gasteiger partial charge in [0, 0.05) is 38.6 Å². The molecule has 3 heterocycles. The molecular weight excluding hydrogens is 398 g/mol. The first-order valence-corrected chi connectivity index (χ1v) is 12.1. The van der Waals surface area contributed by atoms with E-state index in [4.69, 9.17) is 4.98 Å². The highest BCUT2D eigenvalue weighted by atomic mass is 16.1. The quantitative estimate of drug-likeness (QED) is 0.622. The largest absolute Gasteiger partial charge is 0.352 e. The number of pyridine rings is 1. The van der Waals surface area contributed by atoms with Gasteiger partial charge in [-0.25, -0.2) is 4.98 Å². The molecule has 0 radical (unpaired) electrons. The van der Waals surface area contributed by atoms with Crippen LogP contribution in [-0.4, -0.2) is 33.5 Å². The highest BCUT2D eigenvalue weighted by molar-refractivity contribution is 5.81. The maximum Gasteiger partial charge on any atom is 0.225 e. The van der Waals surface area contributed by atoms with Gasteiger partial charge in [0.1, 0.15) is 0 Å². The van der Waals surface area contributed by atoms with Crippen molar-refractivity contribution in [2.45, 2.75) is 58.0 Å². The molecule has 1 aliphatic carbocycles. The van der Waals surface area contributed by atoms with Crippen LogP contribution in [0.3, 0.4) is 0 Å². The summed E-state index contributed by atoms with van der Waals surface area (Å²) in [6, 6.07) is 12.4. The highest BCUT2D eigenvalue weighted by Crippen LogP contribution is 2.31. The molecule has 0 spiro atoms. The number of amides is 1. The standard InChI is InChI=1S/C26H33N5O/c32-25(28-17-20-12-14-27-15-13-20)22-9-6-16-30(19-22)26-29-23-10-4-5-11-24(23)31(26)18-21-7-2-1-3-8-21/h4-5,10-15,21-22H,1-3,6-9,16-19H2,(H,28,32)/t22-/m1/s1. The lowest BCUT2D eigenvalue weighted by Crippen LogP contribution is -2.44. The summed E-state index contributed by atoms with van der Waals surface area (Å²) >= 11 is 0. The Morgan fingerprint density at radius 3 is 2.66 bits per heavy atom. The number of aromatic nitrogens is 3. The molecule has 0 unspecified atom stereocenters. The molecule has 1 saturated heterocycles. The van der Waals surface area contributed by atoms with Gasteiger partial charge in [-0.1, -0.05) is 31.4 Å². The summed E-state index contributed by atoms with van der Waals surface area (Å²) in [4.78, 5) is 24.4. The molecule has 1 aliphatic heterocycles. The van der Waals surface area contributed by atoms with Gasteiger partial charge >= 0.3 is 0 Å². The third-order valence-electron chi connectivity index (χ3n) is 7.09. The molecule has 1 N–H and O–H groups in total. The Bertz CT molecular complexity index is 1040. The molecule has 2 aromatic heterocycles. The number of piperidine rings is 1. The summed E-state index contributed by atoms with van der Waals surface area (Å²) in [5.41, 5.74) is 3.36. The summed E-state index contributed by atoms with van der Waals surface area (Å²) in [5.74, 6) is 1.91. The Hall–Kier alpha value is -2.89. The van der Waals surface area contributed by atoms with Crippen LogP contribution in [0.1, 0.15) is 50.5 Å². The van der Waals surface area contributed by atoms with Crippen molar-refractivity contribution in [1.29, 1.82) is 0 Å². The Kier molecular flexibility index (Phi) is 6.37. The van der Waals surface area contributed by atoms with E-state index in [-0.39, 0.29) is 11.8 Å². The van der Waals surface area contributed by atoms with E-state index in [1.807, 2.05) is 12.1 Å². The number of nitrogens with one attached hydrogen (secondary N) is 1. The van der Waals surface area contributed by atoms with Crippen molar-refractivity contribution in [1.82, 2.24) is 19.9 Å². The molecule has 1 amide bonds. The maximum absolute atomic E-state index is 12.9. The third kappa shape index (κ3) is 4.64. The fraction of sp³-hybridized carbons (Fsp3) is 0.500. The number of nitrogens with zero attached hydrogens (tertiary/aromatic N) is 4. The minimum Gasteiger partial charge on any atom is -0.352 e. The molecule has 0 bridgehead atoms. The molecule has 1 saturated carbocycles. The van der Waals surface area contributed by atoms with Crippen LogP contribution in [-0.2, 0) is 17.9 Å². The van der Waals surface area contributed by atoms with Crippen LogP contribution in [0.15, 0.2) is 48.8 Å². The number of fused-ring (bicyclic) bond motifs is 1. The average molecular weight is 432 g/mol. The topological polar surface area (TPSA) is 63.1 Å². The summed E-state index contributed by atoms with van der Waals surface area (Å²) in [7, 11) is 0. The number of hydrogen-bond acceptors (Lipinski definition) is 4. The Labute approximate surface area is 190 Å². The molecule has 2 fully saturated rings. The fourth-order valence-corrected chi connectivity index (χ4v) is 5.32. The van der Waals surface area contributed by atoms with E-state index in [1.54, 1.807) is 12.4 Å². The van der Waals surface area contributed by atoms with Crippen molar-refractivity contribution in [3.63, 3.8) is 0 Å². The van der Waals surface area contributed by atoms with Gasteiger partial charge in [-0.3, -0.25) is 9.78 Å². The summed E-state index contributed by atoms with van der Waals surface area (Å²) in [6.07, 6.45) is 12.2. The SMILES string of the molecule is O=C(NCc1ccncc1)[C@@H]1CCCN(c2nc3ccccc3n2CC2CCCCC2)C1. The molecule has 1 aromatic carbocycles. The smallest absolute Gasteiger partial charge is 0.225 e. The average Bonchev–Trinajstić information content (AvgIpc) is 3.22. The van der Waals surface area contributed by atoms with Crippen LogP contribution in [0.5, 0.6) is 0 Å². The predicted octanol–water partition coefficient (Wildman–Crippen LogP) is 4.54. The highest BCUT2D eigenvalue weighted by Gasteiger charge is 2.29. The van der Waals surface area contributed by atoms with E-state index in [9.17, 15) is 4.79 Å². The number of carbonyl (C=O) groups excluding carboxylic acids is 1. The Balaban J connectivity index is 1.32. The predicted molar refractivity (Wildman–Crippen MR) is 127 cm³/mol. The maximum atomic E-state index is 12.9. The van der Waals surface area contributed by atoms with Gasteiger partial charge in [-0.15, -0.1) is 0 Å². The van der Waals surface area contributed by atoms with Gasteiger partial charge < -0.3 is 14.8 Å². The van der Waals surface area contributed by atoms with Gasteiger partial charge in [0.05, 0.1) is 17.0 Å². The van der Waals surface area contributed by atoms with Crippen molar-refractivity contribution in [2.24, 2.45) is 11.8 Å². The first-order valence-electron chi connectivity index (χ1n) is 12.1. The second kappa shape index (κ2) is 9.72. The molecule has 3 aromatic rings. The molecular formula is C26H33N5O. The second-order valence-corrected chi connectivity index (χ2v) is 9.37. The van der Waals surface area contributed by atoms with Crippen molar-refractivity contribution >= 4 is 22.9 Å². The zero-order valence-corrected chi connectivity index (χ0v) is 18.7. The molecule has 2 aliphatic rings. The normalized spacial score (nSPS) is 19.9. The number of anilines is 1. The van der Waals surface area contributed by atoms with Gasteiger partial charge in [0.2, 0.25) is 11.9 Å². The first-order chi connectivity index (χ1) is 15.8. The van der Waals surface area contributed by atoms with Crippen LogP contribution in [0, 0.1) is 11.8 Å². The monoisotopic (exact) mass is 431 g/mol. The first kappa shape index (κ1) is 21.0. The van der Waals surface area contributed by atoms with Crippen LogP contribution in [0.25, 0.3) is 11.0 Å². The van der Waals surface area contributed by atoms with Gasteiger partial charge in [-0.2, -0.15) is 0 Å². The van der Waals surface area contributed by atoms with E-state index in [0.717, 1.165) is 55.4 Å². The van der Waals surface area contributed by atoms with E-state index >= 15 is 0 Å². The third-order valence-corrected chi connectivity index (χ3v) is 7.09. The number of rotatable bonds is 6. The molecule has 6 nitrogen and oxygen atoms in total. The van der Waals surface area contributed by atoms with Crippen LogP contribution < -0.4 is 10.2 Å². The molecule has 32 heavy (non-hydrogen) atoms. The number of imidazole rings is 1. The number of benzene rings is 1. The van der Waals surface area contributed by atoms with E-state index < -0.39 is 0 Å². The molecule has 1 atom stereocenters. The minimum absolute atomic E-state index is 0.00599. The summed E-state index contributed by atoms with van der Waals surface area (Å²) in [6.45, 7) is 3.28. The fourth-order valence-electron chi connectivity index (χ4n) is 5.32. The number of carbonyl (C=O) groups is 1. The van der Waals surface area contributed by atoms with Crippen molar-refractivity contribution in [3.8, 4) is 0 Å². The number of para-hydroxylation sites is 2. The van der Waals surface area contributed by atoms with Crippen LogP contribution >= 0.6 is 0 Å². The van der Waals surface area contributed by atoms with Crippen molar-refractivity contribution in [3.05, 3.63) is 54.4 Å². The Morgan fingerprint density at radius 2 is 1.81 bits per heavy atom. The lowest BCUT2D eigenvalue weighted by atomic mass is 9.89. The van der Waals surface area contributed by atoms with E-state index in [0.29, 0.717) is 6.54 Å². The minimum atomic E-state index is -0.00599. The lowest BCUT2D eigenvalue weighted by molar-refractivity contribution is -0.125. The van der Waals surface area contributed by atoms with Gasteiger partial charge in [0.25, 0.3) is 0 Å². The Morgan fingerprint density at radius 1 is 1.00 bits per heavy atom.